The predicted octanol–water partition coefficient (Wildman–Crippen LogP) is 2.61. The summed E-state index contributed by atoms with van der Waals surface area (Å²) in [4.78, 5) is 8.20. The third kappa shape index (κ3) is 5.05. The number of nitrogens with zero attached hydrogens (tertiary/aromatic N) is 1. The lowest BCUT2D eigenvalue weighted by atomic mass is 10.3. The predicted molar refractivity (Wildman–Crippen MR) is 85.8 cm³/mol. The summed E-state index contributed by atoms with van der Waals surface area (Å²) in [7, 11) is 1.00. The van der Waals surface area contributed by atoms with Gasteiger partial charge in [0.1, 0.15) is 0 Å². The molecule has 1 aromatic carbocycles. The summed E-state index contributed by atoms with van der Waals surface area (Å²) in [5.74, 6) is 0. The Labute approximate surface area is 124 Å². The van der Waals surface area contributed by atoms with E-state index in [1.165, 1.54) is 0 Å². The number of nitrogens with one attached hydrogen (secondary N) is 1. The van der Waals surface area contributed by atoms with Gasteiger partial charge in [0.25, 0.3) is 0 Å². The van der Waals surface area contributed by atoms with Gasteiger partial charge in [0.15, 0.2) is 0 Å². The number of aliphatic hydroxyl groups is 1. The van der Waals surface area contributed by atoms with E-state index in [1.807, 2.05) is 48.7 Å². The molecule has 0 saturated heterocycles. The van der Waals surface area contributed by atoms with Crippen molar-refractivity contribution in [2.75, 3.05) is 7.11 Å². The number of hydrogen-bond acceptors (Lipinski definition) is 4. The number of nitrogens with two attached hydrogens (primary N) is 1. The molecule has 2 aromatic heterocycles. The fourth-order valence-corrected chi connectivity index (χ4v) is 1.74. The number of fused-ring (bicyclic) bond motifs is 1. The maximum Gasteiger partial charge on any atom is 0.0487 e. The maximum atomic E-state index is 7.00. The van der Waals surface area contributed by atoms with Crippen LogP contribution in [0.5, 0.6) is 0 Å². The molecule has 0 saturated carbocycles. The maximum absolute atomic E-state index is 7.00. The van der Waals surface area contributed by atoms with Crippen LogP contribution in [0.4, 0.5) is 0 Å². The molecule has 106 valence electrons. The molecule has 4 N–H and O–H groups in total. The van der Waals surface area contributed by atoms with E-state index in [9.17, 15) is 0 Å². The van der Waals surface area contributed by atoms with E-state index in [2.05, 4.69) is 22.6 Å². The molecule has 4 nitrogen and oxygen atoms in total. The fraction of sp³-hybridized carbons (Fsp3) is 0.133. The van der Waals surface area contributed by atoms with E-state index >= 15 is 0 Å². The van der Waals surface area contributed by atoms with Crippen LogP contribution < -0.4 is 5.73 Å². The van der Waals surface area contributed by atoms with Gasteiger partial charge in [-0.15, -0.1) is 12.6 Å². The van der Waals surface area contributed by atoms with Crippen LogP contribution in [0.1, 0.15) is 5.69 Å². The van der Waals surface area contributed by atoms with Crippen molar-refractivity contribution in [1.29, 1.82) is 0 Å². The largest absolute Gasteiger partial charge is 0.400 e. The van der Waals surface area contributed by atoms with Gasteiger partial charge >= 0.3 is 0 Å². The van der Waals surface area contributed by atoms with Gasteiger partial charge in [-0.25, -0.2) is 0 Å². The Bertz CT molecular complexity index is 578. The molecule has 0 aliphatic heterocycles. The molecule has 0 unspecified atom stereocenters. The van der Waals surface area contributed by atoms with Gasteiger partial charge in [-0.1, -0.05) is 18.2 Å². The minimum Gasteiger partial charge on any atom is -0.400 e. The average molecular weight is 289 g/mol. The molecule has 0 amide bonds. The van der Waals surface area contributed by atoms with Gasteiger partial charge < -0.3 is 15.8 Å². The van der Waals surface area contributed by atoms with Gasteiger partial charge in [-0.05, 0) is 24.3 Å². The molecule has 0 aliphatic carbocycles. The summed E-state index contributed by atoms with van der Waals surface area (Å²) in [5.41, 5.74) is 7.61. The first-order chi connectivity index (χ1) is 9.79. The van der Waals surface area contributed by atoms with Crippen molar-refractivity contribution in [1.82, 2.24) is 9.97 Å². The zero-order valence-electron chi connectivity index (χ0n) is 11.3. The summed E-state index contributed by atoms with van der Waals surface area (Å²) in [6, 6.07) is 13.7. The van der Waals surface area contributed by atoms with Crippen molar-refractivity contribution >= 4 is 23.5 Å². The third-order valence-electron chi connectivity index (χ3n) is 2.45. The standard InChI is InChI=1S/C8H9N3.C6H6S.CH4O/c9-4-7-3-6-5-10-2-1-8(6)11-7;7-6-4-2-1-3-5-6;1-2/h1-3,5,11H,4,9H2;1-5,7H;2H,1H3. The number of rotatable bonds is 1. The van der Waals surface area contributed by atoms with Crippen molar-refractivity contribution in [3.63, 3.8) is 0 Å². The summed E-state index contributed by atoms with van der Waals surface area (Å²) < 4.78 is 0. The Morgan fingerprint density at radius 2 is 1.90 bits per heavy atom. The first-order valence-corrected chi connectivity index (χ1v) is 6.54. The molecule has 0 radical (unpaired) electrons. The fourth-order valence-electron chi connectivity index (χ4n) is 1.57. The lowest BCUT2D eigenvalue weighted by molar-refractivity contribution is 0.399. The second-order valence-electron chi connectivity index (χ2n) is 3.80. The summed E-state index contributed by atoms with van der Waals surface area (Å²) in [5, 5.41) is 8.12. The lowest BCUT2D eigenvalue weighted by Crippen LogP contribution is -1.94. The van der Waals surface area contributed by atoms with Gasteiger partial charge in [0.2, 0.25) is 0 Å². The van der Waals surface area contributed by atoms with Crippen LogP contribution in [0.3, 0.4) is 0 Å². The molecule has 3 rings (SSSR count). The number of aromatic nitrogens is 2. The number of hydrogen-bond donors (Lipinski definition) is 4. The lowest BCUT2D eigenvalue weighted by Gasteiger charge is -1.85. The van der Waals surface area contributed by atoms with E-state index in [0.29, 0.717) is 6.54 Å². The Kier molecular flexibility index (Phi) is 7.42. The van der Waals surface area contributed by atoms with E-state index < -0.39 is 0 Å². The van der Waals surface area contributed by atoms with Crippen molar-refractivity contribution in [3.05, 3.63) is 60.6 Å². The second-order valence-corrected chi connectivity index (χ2v) is 4.31. The Morgan fingerprint density at radius 3 is 2.40 bits per heavy atom. The van der Waals surface area contributed by atoms with Crippen molar-refractivity contribution < 1.29 is 5.11 Å². The molecule has 0 fully saturated rings. The molecule has 20 heavy (non-hydrogen) atoms. The number of aromatic amines is 1. The first kappa shape index (κ1) is 16.2. The molecule has 2 heterocycles. The van der Waals surface area contributed by atoms with Crippen LogP contribution in [0.15, 0.2) is 59.8 Å². The Balaban J connectivity index is 0.000000193. The molecular formula is C15H19N3OS. The van der Waals surface area contributed by atoms with Gasteiger partial charge in [-0.3, -0.25) is 4.98 Å². The van der Waals surface area contributed by atoms with Crippen LogP contribution >= 0.6 is 12.6 Å². The number of pyridine rings is 1. The zero-order chi connectivity index (χ0) is 14.8. The molecular weight excluding hydrogens is 270 g/mol. The highest BCUT2D eigenvalue weighted by Gasteiger charge is 1.96. The van der Waals surface area contributed by atoms with Crippen LogP contribution in [-0.2, 0) is 6.54 Å². The van der Waals surface area contributed by atoms with Crippen molar-refractivity contribution in [2.45, 2.75) is 11.4 Å². The Hall–Kier alpha value is -1.82. The van der Waals surface area contributed by atoms with Crippen LogP contribution in [0.25, 0.3) is 10.9 Å². The highest BCUT2D eigenvalue weighted by molar-refractivity contribution is 7.80. The summed E-state index contributed by atoms with van der Waals surface area (Å²) >= 11 is 4.08. The molecule has 0 bridgehead atoms. The monoisotopic (exact) mass is 289 g/mol. The van der Waals surface area contributed by atoms with Gasteiger partial charge in [0, 0.05) is 47.5 Å². The summed E-state index contributed by atoms with van der Waals surface area (Å²) in [6.45, 7) is 0.550. The zero-order valence-corrected chi connectivity index (χ0v) is 12.2. The topological polar surface area (TPSA) is 74.9 Å². The quantitative estimate of drug-likeness (QED) is 0.520. The second kappa shape index (κ2) is 9.14. The smallest absolute Gasteiger partial charge is 0.0487 e. The van der Waals surface area contributed by atoms with Crippen LogP contribution in [0, 0.1) is 0 Å². The molecule has 0 atom stereocenters. The number of thiol groups is 1. The normalized spacial score (nSPS) is 9.20. The highest BCUT2D eigenvalue weighted by Crippen LogP contribution is 2.12. The van der Waals surface area contributed by atoms with E-state index in [4.69, 9.17) is 10.8 Å². The number of H-pyrrole nitrogens is 1. The van der Waals surface area contributed by atoms with Gasteiger partial charge in [-0.2, -0.15) is 0 Å². The first-order valence-electron chi connectivity index (χ1n) is 6.10. The minimum absolute atomic E-state index is 0.550. The average Bonchev–Trinajstić information content (AvgIpc) is 2.94. The van der Waals surface area contributed by atoms with E-state index in [-0.39, 0.29) is 0 Å². The van der Waals surface area contributed by atoms with Crippen LogP contribution in [-0.4, -0.2) is 22.2 Å². The van der Waals surface area contributed by atoms with Gasteiger partial charge in [0.05, 0.1) is 0 Å². The number of benzene rings is 1. The van der Waals surface area contributed by atoms with Crippen molar-refractivity contribution in [3.8, 4) is 0 Å². The SMILES string of the molecule is CO.NCc1cc2cnccc2[nH]1.Sc1ccccc1. The molecule has 0 aliphatic rings. The highest BCUT2D eigenvalue weighted by atomic mass is 32.1. The van der Waals surface area contributed by atoms with E-state index in [0.717, 1.165) is 28.6 Å². The van der Waals surface area contributed by atoms with Crippen LogP contribution in [0.2, 0.25) is 0 Å². The molecule has 0 spiro atoms. The van der Waals surface area contributed by atoms with E-state index in [1.54, 1.807) is 6.20 Å². The van der Waals surface area contributed by atoms with Crippen molar-refractivity contribution in [2.24, 2.45) is 5.73 Å². The third-order valence-corrected chi connectivity index (χ3v) is 2.75. The number of aliphatic hydroxyl groups excluding tert-OH is 1. The summed E-state index contributed by atoms with van der Waals surface area (Å²) in [6.07, 6.45) is 3.59. The molecule has 5 heteroatoms. The molecule has 3 aromatic rings. The minimum atomic E-state index is 0.550. The Morgan fingerprint density at radius 1 is 1.20 bits per heavy atom.